The van der Waals surface area contributed by atoms with Crippen LogP contribution >= 0.6 is 0 Å². The van der Waals surface area contributed by atoms with Gasteiger partial charge in [0.1, 0.15) is 0 Å². The van der Waals surface area contributed by atoms with Crippen molar-refractivity contribution in [3.8, 4) is 0 Å². The monoisotopic (exact) mass is 216 g/mol. The van der Waals surface area contributed by atoms with E-state index in [4.69, 9.17) is 9.84 Å². The van der Waals surface area contributed by atoms with Gasteiger partial charge in [-0.1, -0.05) is 19.3 Å². The van der Waals surface area contributed by atoms with Gasteiger partial charge in [0.15, 0.2) is 0 Å². The maximum atomic E-state index is 10.9. The van der Waals surface area contributed by atoms with Gasteiger partial charge in [-0.15, -0.1) is 0 Å². The number of carboxylic acids is 1. The van der Waals surface area contributed by atoms with Gasteiger partial charge >= 0.3 is 11.9 Å². The lowest BCUT2D eigenvalue weighted by Gasteiger charge is -2.01. The number of carbonyl (C=O) groups is 2. The largest absolute Gasteiger partial charge is 0.481 e. The first-order chi connectivity index (χ1) is 7.16. The van der Waals surface area contributed by atoms with E-state index in [1.165, 1.54) is 0 Å². The van der Waals surface area contributed by atoms with Gasteiger partial charge in [-0.05, 0) is 19.8 Å². The van der Waals surface area contributed by atoms with E-state index < -0.39 is 5.97 Å². The molecule has 0 spiro atoms. The Kier molecular flexibility index (Phi) is 8.82. The summed E-state index contributed by atoms with van der Waals surface area (Å²) >= 11 is 0. The van der Waals surface area contributed by atoms with Crippen LogP contribution < -0.4 is 0 Å². The van der Waals surface area contributed by atoms with Crippen LogP contribution in [0.5, 0.6) is 0 Å². The van der Waals surface area contributed by atoms with Crippen molar-refractivity contribution in [2.45, 2.75) is 51.9 Å². The molecule has 0 saturated heterocycles. The maximum Gasteiger partial charge on any atom is 0.305 e. The Hall–Kier alpha value is -1.06. The molecule has 0 amide bonds. The SMILES string of the molecule is CCOC(=O)CCCCCCCC(=O)O. The molecule has 0 aromatic rings. The lowest BCUT2D eigenvalue weighted by molar-refractivity contribution is -0.143. The van der Waals surface area contributed by atoms with Crippen molar-refractivity contribution in [1.29, 1.82) is 0 Å². The minimum absolute atomic E-state index is 0.136. The number of hydrogen-bond donors (Lipinski definition) is 1. The molecule has 0 rings (SSSR count). The van der Waals surface area contributed by atoms with Crippen molar-refractivity contribution in [2.24, 2.45) is 0 Å². The van der Waals surface area contributed by atoms with Crippen LogP contribution in [-0.4, -0.2) is 23.7 Å². The first-order valence-electron chi connectivity index (χ1n) is 5.54. The normalized spacial score (nSPS) is 9.93. The number of rotatable bonds is 9. The van der Waals surface area contributed by atoms with Crippen LogP contribution in [0, 0.1) is 0 Å². The summed E-state index contributed by atoms with van der Waals surface area (Å²) in [6, 6.07) is 0. The fourth-order valence-corrected chi connectivity index (χ4v) is 1.31. The van der Waals surface area contributed by atoms with Gasteiger partial charge in [-0.2, -0.15) is 0 Å². The predicted octanol–water partition coefficient (Wildman–Crippen LogP) is 2.36. The summed E-state index contributed by atoms with van der Waals surface area (Å²) in [6.07, 6.45) is 5.19. The van der Waals surface area contributed by atoms with E-state index in [1.54, 1.807) is 6.92 Å². The molecule has 0 bridgehead atoms. The Bertz CT molecular complexity index is 189. The van der Waals surface area contributed by atoms with E-state index in [0.29, 0.717) is 13.0 Å². The zero-order valence-electron chi connectivity index (χ0n) is 9.33. The highest BCUT2D eigenvalue weighted by molar-refractivity contribution is 5.69. The smallest absolute Gasteiger partial charge is 0.305 e. The molecule has 0 aromatic carbocycles. The average Bonchev–Trinajstić information content (AvgIpc) is 2.16. The molecule has 0 fully saturated rings. The molecule has 0 aromatic heterocycles. The minimum Gasteiger partial charge on any atom is -0.481 e. The third-order valence-electron chi connectivity index (χ3n) is 2.08. The summed E-state index contributed by atoms with van der Waals surface area (Å²) in [6.45, 7) is 2.24. The summed E-state index contributed by atoms with van der Waals surface area (Å²) in [4.78, 5) is 21.1. The molecule has 15 heavy (non-hydrogen) atoms. The summed E-state index contributed by atoms with van der Waals surface area (Å²) < 4.78 is 4.78. The second-order valence-electron chi connectivity index (χ2n) is 3.47. The third kappa shape index (κ3) is 10.9. The number of carbonyl (C=O) groups excluding carboxylic acids is 1. The molecule has 0 radical (unpaired) electrons. The third-order valence-corrected chi connectivity index (χ3v) is 2.08. The molecule has 88 valence electrons. The highest BCUT2D eigenvalue weighted by Gasteiger charge is 2.01. The lowest BCUT2D eigenvalue weighted by atomic mass is 10.1. The van der Waals surface area contributed by atoms with Crippen molar-refractivity contribution in [1.82, 2.24) is 0 Å². The van der Waals surface area contributed by atoms with Crippen LogP contribution in [0.3, 0.4) is 0 Å². The molecule has 0 aliphatic carbocycles. The molecule has 0 aliphatic rings. The Morgan fingerprint density at radius 1 is 1.00 bits per heavy atom. The van der Waals surface area contributed by atoms with Gasteiger partial charge in [0.05, 0.1) is 6.61 Å². The number of carboxylic acid groups (broad SMARTS) is 1. The van der Waals surface area contributed by atoms with Gasteiger partial charge in [0.2, 0.25) is 0 Å². The number of hydrogen-bond acceptors (Lipinski definition) is 3. The van der Waals surface area contributed by atoms with Crippen LogP contribution in [-0.2, 0) is 14.3 Å². The Balaban J connectivity index is 3.11. The summed E-state index contributed by atoms with van der Waals surface area (Å²) in [5.41, 5.74) is 0. The molecule has 0 atom stereocenters. The van der Waals surface area contributed by atoms with E-state index in [9.17, 15) is 9.59 Å². The van der Waals surface area contributed by atoms with Crippen LogP contribution in [0.1, 0.15) is 51.9 Å². The molecule has 4 nitrogen and oxygen atoms in total. The zero-order chi connectivity index (χ0) is 11.5. The van der Waals surface area contributed by atoms with Crippen LogP contribution in [0.2, 0.25) is 0 Å². The average molecular weight is 216 g/mol. The van der Waals surface area contributed by atoms with E-state index in [0.717, 1.165) is 32.1 Å². The molecule has 1 N–H and O–H groups in total. The standard InChI is InChI=1S/C11H20O4/c1-2-15-11(14)9-7-5-3-4-6-8-10(12)13/h2-9H2,1H3,(H,12,13). The predicted molar refractivity (Wildman–Crippen MR) is 56.6 cm³/mol. The van der Waals surface area contributed by atoms with Gasteiger partial charge in [0, 0.05) is 12.8 Å². The second kappa shape index (κ2) is 9.49. The highest BCUT2D eigenvalue weighted by atomic mass is 16.5. The van der Waals surface area contributed by atoms with Gasteiger partial charge in [-0.3, -0.25) is 9.59 Å². The first-order valence-corrected chi connectivity index (χ1v) is 5.54. The Morgan fingerprint density at radius 2 is 1.53 bits per heavy atom. The van der Waals surface area contributed by atoms with E-state index >= 15 is 0 Å². The van der Waals surface area contributed by atoms with Gasteiger partial charge < -0.3 is 9.84 Å². The quantitative estimate of drug-likeness (QED) is 0.474. The highest BCUT2D eigenvalue weighted by Crippen LogP contribution is 2.07. The molecular weight excluding hydrogens is 196 g/mol. The molecule has 0 heterocycles. The molecule has 0 unspecified atom stereocenters. The minimum atomic E-state index is -0.735. The van der Waals surface area contributed by atoms with E-state index in [-0.39, 0.29) is 12.4 Å². The van der Waals surface area contributed by atoms with Crippen molar-refractivity contribution >= 4 is 11.9 Å². The van der Waals surface area contributed by atoms with Crippen molar-refractivity contribution in [3.05, 3.63) is 0 Å². The molecule has 0 saturated carbocycles. The van der Waals surface area contributed by atoms with E-state index in [2.05, 4.69) is 0 Å². The topological polar surface area (TPSA) is 63.6 Å². The Labute approximate surface area is 90.6 Å². The first kappa shape index (κ1) is 13.9. The summed E-state index contributed by atoms with van der Waals surface area (Å²) in [5, 5.41) is 8.39. The fourth-order valence-electron chi connectivity index (χ4n) is 1.31. The summed E-state index contributed by atoms with van der Waals surface area (Å²) in [5.74, 6) is -0.871. The van der Waals surface area contributed by atoms with E-state index in [1.807, 2.05) is 0 Å². The van der Waals surface area contributed by atoms with Crippen LogP contribution in [0.4, 0.5) is 0 Å². The molecule has 0 aliphatic heterocycles. The second-order valence-corrected chi connectivity index (χ2v) is 3.47. The van der Waals surface area contributed by atoms with Crippen LogP contribution in [0.25, 0.3) is 0 Å². The fraction of sp³-hybridized carbons (Fsp3) is 0.818. The number of unbranched alkanes of at least 4 members (excludes halogenated alkanes) is 4. The van der Waals surface area contributed by atoms with Crippen molar-refractivity contribution in [3.63, 3.8) is 0 Å². The number of esters is 1. The van der Waals surface area contributed by atoms with Crippen molar-refractivity contribution < 1.29 is 19.4 Å². The molecular formula is C11H20O4. The van der Waals surface area contributed by atoms with Crippen LogP contribution in [0.15, 0.2) is 0 Å². The zero-order valence-corrected chi connectivity index (χ0v) is 9.33. The Morgan fingerprint density at radius 3 is 2.07 bits per heavy atom. The van der Waals surface area contributed by atoms with Crippen molar-refractivity contribution in [2.75, 3.05) is 6.61 Å². The lowest BCUT2D eigenvalue weighted by Crippen LogP contribution is -2.03. The summed E-state index contributed by atoms with van der Waals surface area (Å²) in [7, 11) is 0. The maximum absolute atomic E-state index is 10.9. The molecule has 4 heteroatoms. The van der Waals surface area contributed by atoms with Gasteiger partial charge in [0.25, 0.3) is 0 Å². The number of aliphatic carboxylic acids is 1. The number of ether oxygens (including phenoxy) is 1. The van der Waals surface area contributed by atoms with Gasteiger partial charge in [-0.25, -0.2) is 0 Å².